The number of nitrogens with zero attached hydrogens (tertiary/aromatic N) is 1. The lowest BCUT2D eigenvalue weighted by Gasteiger charge is -2.16. The standard InChI is InChI=1S/C17H20N2O2/c1-13(15-7-2-3-9-18-15)19-12-14-6-4-8-16-17(14)21-11-5-10-20-16/h2-4,6-9,13,19H,5,10-12H2,1H3/t13-/m0/s1. The average Bonchev–Trinajstić information content (AvgIpc) is 2.79. The van der Waals surface area contributed by atoms with Gasteiger partial charge in [-0.2, -0.15) is 0 Å². The fourth-order valence-electron chi connectivity index (χ4n) is 2.39. The quantitative estimate of drug-likeness (QED) is 0.937. The monoisotopic (exact) mass is 284 g/mol. The average molecular weight is 284 g/mol. The van der Waals surface area contributed by atoms with Gasteiger partial charge < -0.3 is 14.8 Å². The summed E-state index contributed by atoms with van der Waals surface area (Å²) in [5.41, 5.74) is 2.16. The molecule has 3 rings (SSSR count). The first-order valence-corrected chi connectivity index (χ1v) is 7.36. The minimum Gasteiger partial charge on any atom is -0.490 e. The molecular formula is C17H20N2O2. The third-order valence-electron chi connectivity index (χ3n) is 3.58. The Morgan fingerprint density at radius 1 is 1.14 bits per heavy atom. The number of benzene rings is 1. The zero-order valence-electron chi connectivity index (χ0n) is 12.2. The van der Waals surface area contributed by atoms with E-state index in [1.54, 1.807) is 0 Å². The fraction of sp³-hybridized carbons (Fsp3) is 0.353. The van der Waals surface area contributed by atoms with Gasteiger partial charge in [-0.15, -0.1) is 0 Å². The van der Waals surface area contributed by atoms with E-state index in [9.17, 15) is 0 Å². The molecule has 0 aliphatic carbocycles. The molecule has 1 aromatic heterocycles. The molecule has 1 aliphatic heterocycles. The minimum atomic E-state index is 0.189. The van der Waals surface area contributed by atoms with Gasteiger partial charge >= 0.3 is 0 Å². The maximum Gasteiger partial charge on any atom is 0.165 e. The first-order valence-electron chi connectivity index (χ1n) is 7.36. The van der Waals surface area contributed by atoms with E-state index in [1.165, 1.54) is 0 Å². The molecule has 1 aliphatic rings. The molecule has 0 spiro atoms. The summed E-state index contributed by atoms with van der Waals surface area (Å²) in [4.78, 5) is 4.37. The predicted octanol–water partition coefficient (Wildman–Crippen LogP) is 3.09. The molecule has 0 radical (unpaired) electrons. The lowest BCUT2D eigenvalue weighted by molar-refractivity contribution is 0.295. The van der Waals surface area contributed by atoms with Gasteiger partial charge in [-0.1, -0.05) is 18.2 Å². The maximum atomic E-state index is 5.84. The van der Waals surface area contributed by atoms with E-state index < -0.39 is 0 Å². The summed E-state index contributed by atoms with van der Waals surface area (Å²) in [5.74, 6) is 1.72. The van der Waals surface area contributed by atoms with Crippen LogP contribution in [0.3, 0.4) is 0 Å². The maximum absolute atomic E-state index is 5.84. The molecule has 1 atom stereocenters. The summed E-state index contributed by atoms with van der Waals surface area (Å²) in [6.07, 6.45) is 2.74. The van der Waals surface area contributed by atoms with Gasteiger partial charge in [0, 0.05) is 30.8 Å². The molecular weight excluding hydrogens is 264 g/mol. The van der Waals surface area contributed by atoms with Crippen LogP contribution in [-0.2, 0) is 6.54 Å². The number of hydrogen-bond donors (Lipinski definition) is 1. The molecule has 1 N–H and O–H groups in total. The first kappa shape index (κ1) is 13.9. The van der Waals surface area contributed by atoms with Crippen molar-refractivity contribution >= 4 is 0 Å². The van der Waals surface area contributed by atoms with Crippen LogP contribution < -0.4 is 14.8 Å². The molecule has 2 heterocycles. The topological polar surface area (TPSA) is 43.4 Å². The van der Waals surface area contributed by atoms with E-state index in [0.717, 1.165) is 35.7 Å². The van der Waals surface area contributed by atoms with Crippen LogP contribution in [0.5, 0.6) is 11.5 Å². The Kier molecular flexibility index (Phi) is 4.36. The van der Waals surface area contributed by atoms with Crippen LogP contribution in [0.15, 0.2) is 42.6 Å². The second-order valence-corrected chi connectivity index (χ2v) is 5.15. The van der Waals surface area contributed by atoms with Gasteiger partial charge in [0.2, 0.25) is 0 Å². The van der Waals surface area contributed by atoms with Gasteiger partial charge in [0.15, 0.2) is 11.5 Å². The lowest BCUT2D eigenvalue weighted by Crippen LogP contribution is -2.19. The molecule has 0 amide bonds. The van der Waals surface area contributed by atoms with Crippen molar-refractivity contribution in [1.29, 1.82) is 0 Å². The molecule has 21 heavy (non-hydrogen) atoms. The smallest absolute Gasteiger partial charge is 0.165 e. The SMILES string of the molecule is C[C@H](NCc1cccc2c1OCCCO2)c1ccccn1. The Hall–Kier alpha value is -2.07. The largest absolute Gasteiger partial charge is 0.490 e. The zero-order valence-corrected chi connectivity index (χ0v) is 12.2. The van der Waals surface area contributed by atoms with Crippen LogP contribution in [0.25, 0.3) is 0 Å². The number of aromatic nitrogens is 1. The Balaban J connectivity index is 1.71. The molecule has 0 bridgehead atoms. The molecule has 4 heteroatoms. The summed E-state index contributed by atoms with van der Waals surface area (Å²) >= 11 is 0. The third kappa shape index (κ3) is 3.34. The van der Waals surface area contributed by atoms with Crippen LogP contribution in [0.1, 0.15) is 30.6 Å². The molecule has 0 unspecified atom stereocenters. The molecule has 0 saturated carbocycles. The van der Waals surface area contributed by atoms with Crippen molar-refractivity contribution in [3.8, 4) is 11.5 Å². The van der Waals surface area contributed by atoms with Crippen molar-refractivity contribution in [3.63, 3.8) is 0 Å². The van der Waals surface area contributed by atoms with Crippen LogP contribution in [0, 0.1) is 0 Å². The third-order valence-corrected chi connectivity index (χ3v) is 3.58. The highest BCUT2D eigenvalue weighted by atomic mass is 16.5. The van der Waals surface area contributed by atoms with Crippen LogP contribution >= 0.6 is 0 Å². The summed E-state index contributed by atoms with van der Waals surface area (Å²) in [6.45, 7) is 4.26. The number of nitrogens with one attached hydrogen (secondary N) is 1. The highest BCUT2D eigenvalue weighted by Gasteiger charge is 2.15. The van der Waals surface area contributed by atoms with Crippen molar-refractivity contribution < 1.29 is 9.47 Å². The second-order valence-electron chi connectivity index (χ2n) is 5.15. The molecule has 0 saturated heterocycles. The Morgan fingerprint density at radius 3 is 2.90 bits per heavy atom. The summed E-state index contributed by atoms with van der Waals surface area (Å²) in [7, 11) is 0. The molecule has 110 valence electrons. The van der Waals surface area contributed by atoms with Crippen molar-refractivity contribution in [2.45, 2.75) is 25.9 Å². The molecule has 0 fully saturated rings. The minimum absolute atomic E-state index is 0.189. The number of rotatable bonds is 4. The lowest BCUT2D eigenvalue weighted by atomic mass is 10.1. The van der Waals surface area contributed by atoms with Gasteiger partial charge in [0.25, 0.3) is 0 Å². The van der Waals surface area contributed by atoms with Crippen LogP contribution in [0.2, 0.25) is 0 Å². The van der Waals surface area contributed by atoms with E-state index >= 15 is 0 Å². The van der Waals surface area contributed by atoms with E-state index in [0.29, 0.717) is 13.2 Å². The Bertz CT molecular complexity index is 587. The summed E-state index contributed by atoms with van der Waals surface area (Å²) in [6, 6.07) is 12.2. The summed E-state index contributed by atoms with van der Waals surface area (Å²) < 4.78 is 11.6. The Labute approximate surface area is 125 Å². The van der Waals surface area contributed by atoms with Gasteiger partial charge in [-0.25, -0.2) is 0 Å². The number of pyridine rings is 1. The van der Waals surface area contributed by atoms with Gasteiger partial charge in [0.05, 0.1) is 18.9 Å². The first-order chi connectivity index (χ1) is 10.3. The highest BCUT2D eigenvalue weighted by Crippen LogP contribution is 2.33. The van der Waals surface area contributed by atoms with Gasteiger partial charge in [-0.05, 0) is 25.1 Å². The van der Waals surface area contributed by atoms with Crippen molar-refractivity contribution in [2.75, 3.05) is 13.2 Å². The van der Waals surface area contributed by atoms with Crippen molar-refractivity contribution in [2.24, 2.45) is 0 Å². The van der Waals surface area contributed by atoms with E-state index in [1.807, 2.05) is 36.5 Å². The van der Waals surface area contributed by atoms with Crippen molar-refractivity contribution in [1.82, 2.24) is 10.3 Å². The van der Waals surface area contributed by atoms with E-state index in [2.05, 4.69) is 23.3 Å². The summed E-state index contributed by atoms with van der Waals surface area (Å²) in [5, 5.41) is 3.49. The van der Waals surface area contributed by atoms with Crippen molar-refractivity contribution in [3.05, 3.63) is 53.9 Å². The molecule has 1 aromatic carbocycles. The Morgan fingerprint density at radius 2 is 2.05 bits per heavy atom. The predicted molar refractivity (Wildman–Crippen MR) is 81.5 cm³/mol. The van der Waals surface area contributed by atoms with Gasteiger partial charge in [-0.3, -0.25) is 4.98 Å². The fourth-order valence-corrected chi connectivity index (χ4v) is 2.39. The molecule has 4 nitrogen and oxygen atoms in total. The number of ether oxygens (including phenoxy) is 2. The van der Waals surface area contributed by atoms with Gasteiger partial charge in [0.1, 0.15) is 0 Å². The highest BCUT2D eigenvalue weighted by molar-refractivity contribution is 5.47. The van der Waals surface area contributed by atoms with Crippen LogP contribution in [0.4, 0.5) is 0 Å². The van der Waals surface area contributed by atoms with Crippen LogP contribution in [-0.4, -0.2) is 18.2 Å². The molecule has 2 aromatic rings. The normalized spacial score (nSPS) is 15.3. The number of fused-ring (bicyclic) bond motifs is 1. The number of para-hydroxylation sites is 1. The zero-order chi connectivity index (χ0) is 14.5. The van der Waals surface area contributed by atoms with E-state index in [-0.39, 0.29) is 6.04 Å². The second kappa shape index (κ2) is 6.59. The number of hydrogen-bond acceptors (Lipinski definition) is 4. The van der Waals surface area contributed by atoms with E-state index in [4.69, 9.17) is 9.47 Å².